The molecule has 1 aromatic carbocycles. The SMILES string of the molecule is CC(c1ccccc1)N(C)Cc1cc(=O)n2cc(Cl)ccc2n1. The molecule has 3 rings (SSSR count). The first-order valence-electron chi connectivity index (χ1n) is 7.47. The van der Waals surface area contributed by atoms with E-state index in [9.17, 15) is 4.79 Å². The van der Waals surface area contributed by atoms with Gasteiger partial charge in [0.25, 0.3) is 5.56 Å². The van der Waals surface area contributed by atoms with Gasteiger partial charge in [0.2, 0.25) is 0 Å². The molecule has 0 aliphatic heterocycles. The van der Waals surface area contributed by atoms with E-state index in [1.54, 1.807) is 24.4 Å². The lowest BCUT2D eigenvalue weighted by Gasteiger charge is -2.24. The Balaban J connectivity index is 1.86. The van der Waals surface area contributed by atoms with Crippen molar-refractivity contribution in [2.45, 2.75) is 19.5 Å². The Labute approximate surface area is 140 Å². The molecule has 0 fully saturated rings. The summed E-state index contributed by atoms with van der Waals surface area (Å²) in [5.74, 6) is 0. The molecule has 23 heavy (non-hydrogen) atoms. The molecule has 0 amide bonds. The van der Waals surface area contributed by atoms with E-state index in [1.165, 1.54) is 9.96 Å². The Hall–Kier alpha value is -2.17. The largest absolute Gasteiger partial charge is 0.294 e. The van der Waals surface area contributed by atoms with Gasteiger partial charge in [0.1, 0.15) is 5.65 Å². The molecule has 4 nitrogen and oxygen atoms in total. The fourth-order valence-electron chi connectivity index (χ4n) is 2.59. The van der Waals surface area contributed by atoms with Gasteiger partial charge in [-0.2, -0.15) is 0 Å². The lowest BCUT2D eigenvalue weighted by molar-refractivity contribution is 0.250. The second-order valence-electron chi connectivity index (χ2n) is 5.66. The molecule has 0 aliphatic carbocycles. The van der Waals surface area contributed by atoms with Gasteiger partial charge in [0, 0.05) is 24.8 Å². The van der Waals surface area contributed by atoms with Gasteiger partial charge in [-0.05, 0) is 31.7 Å². The summed E-state index contributed by atoms with van der Waals surface area (Å²) in [6, 6.07) is 15.6. The quantitative estimate of drug-likeness (QED) is 0.735. The first kappa shape index (κ1) is 15.7. The van der Waals surface area contributed by atoms with Crippen molar-refractivity contribution in [3.63, 3.8) is 0 Å². The second kappa shape index (κ2) is 6.52. The lowest BCUT2D eigenvalue weighted by Crippen LogP contribution is -2.24. The third-order valence-electron chi connectivity index (χ3n) is 4.03. The molecule has 0 aliphatic rings. The zero-order chi connectivity index (χ0) is 16.4. The maximum Gasteiger partial charge on any atom is 0.258 e. The van der Waals surface area contributed by atoms with E-state index in [1.807, 2.05) is 25.2 Å². The number of halogens is 1. The second-order valence-corrected chi connectivity index (χ2v) is 6.10. The smallest absolute Gasteiger partial charge is 0.258 e. The maximum absolute atomic E-state index is 12.2. The van der Waals surface area contributed by atoms with Crippen molar-refractivity contribution in [1.82, 2.24) is 14.3 Å². The van der Waals surface area contributed by atoms with Crippen LogP contribution in [0, 0.1) is 0 Å². The Kier molecular flexibility index (Phi) is 4.46. The van der Waals surface area contributed by atoms with Gasteiger partial charge in [-0.25, -0.2) is 4.98 Å². The molecule has 5 heteroatoms. The highest BCUT2D eigenvalue weighted by atomic mass is 35.5. The molecule has 0 saturated carbocycles. The van der Waals surface area contributed by atoms with Crippen molar-refractivity contribution in [3.8, 4) is 0 Å². The van der Waals surface area contributed by atoms with Gasteiger partial charge in [-0.15, -0.1) is 0 Å². The first-order chi connectivity index (χ1) is 11.0. The van der Waals surface area contributed by atoms with Crippen LogP contribution in [0.4, 0.5) is 0 Å². The molecule has 1 unspecified atom stereocenters. The number of hydrogen-bond donors (Lipinski definition) is 0. The summed E-state index contributed by atoms with van der Waals surface area (Å²) in [6.07, 6.45) is 1.59. The van der Waals surface area contributed by atoms with Crippen LogP contribution < -0.4 is 5.56 Å². The predicted octanol–water partition coefficient (Wildman–Crippen LogP) is 3.54. The van der Waals surface area contributed by atoms with Crippen molar-refractivity contribution in [1.29, 1.82) is 0 Å². The van der Waals surface area contributed by atoms with Crippen molar-refractivity contribution < 1.29 is 0 Å². The van der Waals surface area contributed by atoms with Crippen LogP contribution >= 0.6 is 11.6 Å². The first-order valence-corrected chi connectivity index (χ1v) is 7.85. The molecule has 2 heterocycles. The Morgan fingerprint density at radius 2 is 1.96 bits per heavy atom. The van der Waals surface area contributed by atoms with E-state index in [4.69, 9.17) is 11.6 Å². The van der Waals surface area contributed by atoms with Crippen LogP contribution in [0.25, 0.3) is 5.65 Å². The third-order valence-corrected chi connectivity index (χ3v) is 4.25. The minimum Gasteiger partial charge on any atom is -0.294 e. The topological polar surface area (TPSA) is 37.6 Å². The monoisotopic (exact) mass is 327 g/mol. The number of fused-ring (bicyclic) bond motifs is 1. The highest BCUT2D eigenvalue weighted by molar-refractivity contribution is 6.30. The Bertz CT molecular complexity index is 876. The fraction of sp³-hybridized carbons (Fsp3) is 0.222. The van der Waals surface area contributed by atoms with Gasteiger partial charge in [0.05, 0.1) is 10.7 Å². The van der Waals surface area contributed by atoms with E-state index in [0.717, 1.165) is 5.69 Å². The van der Waals surface area contributed by atoms with Crippen molar-refractivity contribution in [3.05, 3.63) is 81.4 Å². The van der Waals surface area contributed by atoms with E-state index in [2.05, 4.69) is 28.9 Å². The highest BCUT2D eigenvalue weighted by Gasteiger charge is 2.13. The molecule has 0 saturated heterocycles. The van der Waals surface area contributed by atoms with E-state index in [-0.39, 0.29) is 11.6 Å². The highest BCUT2D eigenvalue weighted by Crippen LogP contribution is 2.19. The molecule has 3 aromatic rings. The molecule has 0 radical (unpaired) electrons. The van der Waals surface area contributed by atoms with E-state index in [0.29, 0.717) is 17.2 Å². The van der Waals surface area contributed by atoms with Gasteiger partial charge in [-0.3, -0.25) is 14.1 Å². The number of pyridine rings is 1. The van der Waals surface area contributed by atoms with Gasteiger partial charge >= 0.3 is 0 Å². The summed E-state index contributed by atoms with van der Waals surface area (Å²) in [5, 5.41) is 0.518. The number of benzene rings is 1. The number of nitrogens with zero attached hydrogens (tertiary/aromatic N) is 3. The molecule has 1 atom stereocenters. The van der Waals surface area contributed by atoms with Crippen molar-refractivity contribution in [2.75, 3.05) is 7.05 Å². The third kappa shape index (κ3) is 3.44. The van der Waals surface area contributed by atoms with Gasteiger partial charge in [-0.1, -0.05) is 41.9 Å². The molecule has 0 N–H and O–H groups in total. The molecule has 0 spiro atoms. The number of aromatic nitrogens is 2. The molecular weight excluding hydrogens is 310 g/mol. The standard InChI is InChI=1S/C18H18ClN3O/c1-13(14-6-4-3-5-7-14)21(2)12-16-10-18(23)22-11-15(19)8-9-17(22)20-16/h3-11,13H,12H2,1-2H3. The Morgan fingerprint density at radius 3 is 2.70 bits per heavy atom. The summed E-state index contributed by atoms with van der Waals surface area (Å²) < 4.78 is 1.46. The minimum absolute atomic E-state index is 0.117. The van der Waals surface area contributed by atoms with Gasteiger partial charge < -0.3 is 0 Å². The lowest BCUT2D eigenvalue weighted by atomic mass is 10.1. The van der Waals surface area contributed by atoms with Crippen LogP contribution in [0.1, 0.15) is 24.2 Å². The predicted molar refractivity (Wildman–Crippen MR) is 92.8 cm³/mol. The summed E-state index contributed by atoms with van der Waals surface area (Å²) in [5.41, 5.74) is 2.48. The number of rotatable bonds is 4. The molecule has 0 bridgehead atoms. The van der Waals surface area contributed by atoms with E-state index >= 15 is 0 Å². The minimum atomic E-state index is -0.117. The van der Waals surface area contributed by atoms with Crippen LogP contribution in [-0.2, 0) is 6.54 Å². The molecule has 2 aromatic heterocycles. The number of hydrogen-bond acceptors (Lipinski definition) is 3. The van der Waals surface area contributed by atoms with E-state index < -0.39 is 0 Å². The average molecular weight is 328 g/mol. The van der Waals surface area contributed by atoms with Crippen LogP contribution in [0.2, 0.25) is 5.02 Å². The van der Waals surface area contributed by atoms with Crippen LogP contribution in [0.5, 0.6) is 0 Å². The summed E-state index contributed by atoms with van der Waals surface area (Å²) in [6.45, 7) is 2.74. The summed E-state index contributed by atoms with van der Waals surface area (Å²) >= 11 is 5.93. The summed E-state index contributed by atoms with van der Waals surface area (Å²) in [7, 11) is 2.03. The van der Waals surface area contributed by atoms with Crippen LogP contribution in [0.3, 0.4) is 0 Å². The van der Waals surface area contributed by atoms with Crippen molar-refractivity contribution in [2.24, 2.45) is 0 Å². The van der Waals surface area contributed by atoms with Crippen molar-refractivity contribution >= 4 is 17.2 Å². The zero-order valence-corrected chi connectivity index (χ0v) is 13.9. The van der Waals surface area contributed by atoms with Crippen LogP contribution in [-0.4, -0.2) is 21.3 Å². The van der Waals surface area contributed by atoms with Gasteiger partial charge in [0.15, 0.2) is 0 Å². The average Bonchev–Trinajstić information content (AvgIpc) is 2.55. The summed E-state index contributed by atoms with van der Waals surface area (Å²) in [4.78, 5) is 18.9. The fourth-order valence-corrected chi connectivity index (χ4v) is 2.75. The molecule has 118 valence electrons. The van der Waals surface area contributed by atoms with Crippen LogP contribution in [0.15, 0.2) is 59.5 Å². The molecular formula is C18H18ClN3O. The Morgan fingerprint density at radius 1 is 1.22 bits per heavy atom. The maximum atomic E-state index is 12.2. The normalized spacial score (nSPS) is 12.7. The zero-order valence-electron chi connectivity index (χ0n) is 13.1.